The Morgan fingerprint density at radius 2 is 1.43 bits per heavy atom. The van der Waals surface area contributed by atoms with Crippen LogP contribution in [0.3, 0.4) is 0 Å². The summed E-state index contributed by atoms with van der Waals surface area (Å²) in [7, 11) is 0. The number of rotatable bonds is 10. The zero-order chi connectivity index (χ0) is 24.6. The summed E-state index contributed by atoms with van der Waals surface area (Å²) in [5.41, 5.74) is 10.6. The zero-order valence-electron chi connectivity index (χ0n) is 19.2. The van der Waals surface area contributed by atoms with Gasteiger partial charge in [0.05, 0.1) is 25.3 Å². The molecule has 0 aliphatic carbocycles. The number of nitrogens with one attached hydrogen (secondary N) is 1. The average Bonchev–Trinajstić information content (AvgIpc) is 3.38. The van der Waals surface area contributed by atoms with E-state index in [0.29, 0.717) is 6.42 Å². The molecule has 2 unspecified atom stereocenters. The van der Waals surface area contributed by atoms with E-state index in [1.165, 1.54) is 4.68 Å². The maximum absolute atomic E-state index is 12.7. The van der Waals surface area contributed by atoms with Crippen molar-refractivity contribution in [2.75, 3.05) is 6.61 Å². The molecule has 2 amide bonds. The van der Waals surface area contributed by atoms with Crippen molar-refractivity contribution in [2.24, 2.45) is 5.73 Å². The highest BCUT2D eigenvalue weighted by atomic mass is 16.3. The van der Waals surface area contributed by atoms with Crippen molar-refractivity contribution in [3.8, 4) is 22.3 Å². The van der Waals surface area contributed by atoms with Crippen molar-refractivity contribution in [2.45, 2.75) is 24.9 Å². The Bertz CT molecular complexity index is 1250. The van der Waals surface area contributed by atoms with Crippen molar-refractivity contribution in [3.63, 3.8) is 0 Å². The van der Waals surface area contributed by atoms with Crippen molar-refractivity contribution in [1.29, 1.82) is 0 Å². The summed E-state index contributed by atoms with van der Waals surface area (Å²) in [6.45, 7) is -0.216. The summed E-state index contributed by atoms with van der Waals surface area (Å²) in [5.74, 6) is -1.04. The topological polar surface area (TPSA) is 110 Å². The van der Waals surface area contributed by atoms with Gasteiger partial charge in [-0.2, -0.15) is 5.10 Å². The molecule has 4 rings (SSSR count). The van der Waals surface area contributed by atoms with Crippen LogP contribution >= 0.6 is 0 Å². The van der Waals surface area contributed by atoms with Crippen LogP contribution in [0.1, 0.15) is 18.0 Å². The van der Waals surface area contributed by atoms with Gasteiger partial charge >= 0.3 is 0 Å². The number of aliphatic hydroxyl groups excluding tert-OH is 1. The second-order valence-electron chi connectivity index (χ2n) is 8.41. The van der Waals surface area contributed by atoms with Crippen LogP contribution < -0.4 is 11.1 Å². The maximum atomic E-state index is 12.7. The second-order valence-corrected chi connectivity index (χ2v) is 8.41. The quantitative estimate of drug-likeness (QED) is 0.331. The first-order valence-corrected chi connectivity index (χ1v) is 11.5. The third-order valence-electron chi connectivity index (χ3n) is 5.86. The number of hydrogen-bond acceptors (Lipinski definition) is 4. The van der Waals surface area contributed by atoms with Crippen LogP contribution in [0.4, 0.5) is 0 Å². The molecule has 0 aliphatic rings. The molecule has 0 bridgehead atoms. The first-order valence-electron chi connectivity index (χ1n) is 11.5. The lowest BCUT2D eigenvalue weighted by molar-refractivity contribution is -0.128. The molecule has 7 nitrogen and oxygen atoms in total. The SMILES string of the molecule is NC(=O)C(CC(=O)NC(CO)Cc1ccccc1)n1cc(-c2ccc(-c3ccccc3)cc2)cn1. The number of hydrogen-bond donors (Lipinski definition) is 3. The van der Waals surface area contributed by atoms with Gasteiger partial charge in [-0.15, -0.1) is 0 Å². The number of carbonyl (C=O) groups excluding carboxylic acids is 2. The van der Waals surface area contributed by atoms with Crippen molar-refractivity contribution < 1.29 is 14.7 Å². The highest BCUT2D eigenvalue weighted by Crippen LogP contribution is 2.25. The summed E-state index contributed by atoms with van der Waals surface area (Å²) >= 11 is 0. The van der Waals surface area contributed by atoms with E-state index in [9.17, 15) is 14.7 Å². The molecule has 0 aliphatic heterocycles. The number of nitrogens with zero attached hydrogens (tertiary/aromatic N) is 2. The lowest BCUT2D eigenvalue weighted by Crippen LogP contribution is -2.41. The molecule has 4 N–H and O–H groups in total. The van der Waals surface area contributed by atoms with Gasteiger partial charge in [0.15, 0.2) is 0 Å². The lowest BCUT2D eigenvalue weighted by Gasteiger charge is -2.19. The summed E-state index contributed by atoms with van der Waals surface area (Å²) in [5, 5.41) is 16.8. The van der Waals surface area contributed by atoms with Crippen LogP contribution in [-0.4, -0.2) is 39.4 Å². The number of carbonyl (C=O) groups is 2. The monoisotopic (exact) mass is 468 g/mol. The highest BCUT2D eigenvalue weighted by molar-refractivity contribution is 5.86. The zero-order valence-corrected chi connectivity index (χ0v) is 19.2. The van der Waals surface area contributed by atoms with Gasteiger partial charge in [-0.05, 0) is 28.7 Å². The first-order chi connectivity index (χ1) is 17.0. The number of aliphatic hydroxyl groups is 1. The number of primary amides is 1. The van der Waals surface area contributed by atoms with Crippen molar-refractivity contribution in [3.05, 3.63) is 103 Å². The molecule has 1 aromatic heterocycles. The largest absolute Gasteiger partial charge is 0.394 e. The molecule has 0 fully saturated rings. The molecule has 7 heteroatoms. The normalized spacial score (nSPS) is 12.6. The molecule has 4 aromatic rings. The predicted molar refractivity (Wildman–Crippen MR) is 135 cm³/mol. The maximum Gasteiger partial charge on any atom is 0.242 e. The first kappa shape index (κ1) is 23.9. The second kappa shape index (κ2) is 11.3. The Labute approximate surface area is 204 Å². The number of nitrogens with two attached hydrogens (primary N) is 1. The molecule has 178 valence electrons. The smallest absolute Gasteiger partial charge is 0.242 e. The fourth-order valence-corrected chi connectivity index (χ4v) is 3.99. The van der Waals surface area contributed by atoms with E-state index in [1.54, 1.807) is 12.4 Å². The molecule has 1 heterocycles. The van der Waals surface area contributed by atoms with Crippen molar-refractivity contribution in [1.82, 2.24) is 15.1 Å². The molecule has 3 aromatic carbocycles. The average molecular weight is 469 g/mol. The molecule has 0 saturated carbocycles. The van der Waals surface area contributed by atoms with Gasteiger partial charge in [-0.25, -0.2) is 0 Å². The van der Waals surface area contributed by atoms with Gasteiger partial charge in [0.1, 0.15) is 6.04 Å². The van der Waals surface area contributed by atoms with E-state index < -0.39 is 18.0 Å². The van der Waals surface area contributed by atoms with E-state index in [0.717, 1.165) is 27.8 Å². The van der Waals surface area contributed by atoms with Gasteiger partial charge < -0.3 is 16.2 Å². The van der Waals surface area contributed by atoms with E-state index >= 15 is 0 Å². The fourth-order valence-electron chi connectivity index (χ4n) is 3.99. The summed E-state index contributed by atoms with van der Waals surface area (Å²) < 4.78 is 1.42. The summed E-state index contributed by atoms with van der Waals surface area (Å²) in [6.07, 6.45) is 3.68. The summed E-state index contributed by atoms with van der Waals surface area (Å²) in [4.78, 5) is 24.8. The van der Waals surface area contributed by atoms with Crippen LogP contribution in [-0.2, 0) is 16.0 Å². The Kier molecular flexibility index (Phi) is 7.70. The lowest BCUT2D eigenvalue weighted by atomic mass is 10.0. The van der Waals surface area contributed by atoms with Gasteiger partial charge in [-0.3, -0.25) is 14.3 Å². The van der Waals surface area contributed by atoms with Crippen LogP contribution in [0, 0.1) is 0 Å². The molecule has 2 atom stereocenters. The third kappa shape index (κ3) is 6.22. The van der Waals surface area contributed by atoms with Crippen molar-refractivity contribution >= 4 is 11.8 Å². The third-order valence-corrected chi connectivity index (χ3v) is 5.86. The van der Waals surface area contributed by atoms with Gasteiger partial charge in [-0.1, -0.05) is 84.9 Å². The minimum atomic E-state index is -0.941. The van der Waals surface area contributed by atoms with Crippen LogP contribution in [0.2, 0.25) is 0 Å². The van der Waals surface area contributed by atoms with E-state index in [-0.39, 0.29) is 18.9 Å². The highest BCUT2D eigenvalue weighted by Gasteiger charge is 2.24. The molecular weight excluding hydrogens is 440 g/mol. The van der Waals surface area contributed by atoms with E-state index in [2.05, 4.69) is 22.5 Å². The van der Waals surface area contributed by atoms with Gasteiger partial charge in [0.2, 0.25) is 11.8 Å². The Balaban J connectivity index is 1.43. The molecule has 0 saturated heterocycles. The molecule has 0 radical (unpaired) electrons. The minimum absolute atomic E-state index is 0.172. The molecule has 0 spiro atoms. The number of aromatic nitrogens is 2. The molecular formula is C28H28N4O3. The minimum Gasteiger partial charge on any atom is -0.394 e. The Morgan fingerprint density at radius 1 is 0.857 bits per heavy atom. The predicted octanol–water partition coefficient (Wildman–Crippen LogP) is 3.35. The van der Waals surface area contributed by atoms with E-state index in [4.69, 9.17) is 5.73 Å². The van der Waals surface area contributed by atoms with E-state index in [1.807, 2.05) is 72.8 Å². The molecule has 35 heavy (non-hydrogen) atoms. The fraction of sp³-hybridized carbons (Fsp3) is 0.179. The Morgan fingerprint density at radius 3 is 2.03 bits per heavy atom. The van der Waals surface area contributed by atoms with Crippen LogP contribution in [0.5, 0.6) is 0 Å². The van der Waals surface area contributed by atoms with Gasteiger partial charge in [0, 0.05) is 11.8 Å². The Hall–Kier alpha value is -4.23. The van der Waals surface area contributed by atoms with Gasteiger partial charge in [0.25, 0.3) is 0 Å². The summed E-state index contributed by atoms with van der Waals surface area (Å²) in [6, 6.07) is 26.3. The number of amides is 2. The standard InChI is InChI=1S/C28H28N4O3/c29-28(35)26(16-27(34)31-25(19-33)15-20-7-3-1-4-8-20)32-18-24(17-30-32)23-13-11-22(12-14-23)21-9-5-2-6-10-21/h1-14,17-18,25-26,33H,15-16,19H2,(H2,29,35)(H,31,34). The number of benzene rings is 3. The van der Waals surface area contributed by atoms with Crippen LogP contribution in [0.25, 0.3) is 22.3 Å². The van der Waals surface area contributed by atoms with Crippen LogP contribution in [0.15, 0.2) is 97.3 Å².